The minimum atomic E-state index is -0.845. The lowest BCUT2D eigenvalue weighted by molar-refractivity contribution is -0.123. The predicted octanol–water partition coefficient (Wildman–Crippen LogP) is -1.14. The van der Waals surface area contributed by atoms with Crippen LogP contribution in [0.3, 0.4) is 0 Å². The topological polar surface area (TPSA) is 108 Å². The zero-order valence-corrected chi connectivity index (χ0v) is 7.67. The van der Waals surface area contributed by atoms with Crippen molar-refractivity contribution < 1.29 is 9.59 Å². The second-order valence-corrected chi connectivity index (χ2v) is 3.42. The number of nitrogens with one attached hydrogen (secondary N) is 1. The van der Waals surface area contributed by atoms with Gasteiger partial charge in [-0.05, 0) is 6.42 Å². The van der Waals surface area contributed by atoms with Crippen molar-refractivity contribution in [3.8, 4) is 0 Å². The molecule has 0 aromatic heterocycles. The molecule has 2 unspecified atom stereocenters. The lowest BCUT2D eigenvalue weighted by atomic mass is 9.97. The first-order valence-corrected chi connectivity index (χ1v) is 4.41. The van der Waals surface area contributed by atoms with Gasteiger partial charge in [0.05, 0.1) is 0 Å². The molecule has 2 atom stereocenters. The quantitative estimate of drug-likeness (QED) is 0.471. The molecule has 2 amide bonds. The third kappa shape index (κ3) is 1.65. The van der Waals surface area contributed by atoms with Gasteiger partial charge in [0, 0.05) is 0 Å². The Morgan fingerprint density at radius 2 is 2.08 bits per heavy atom. The molecule has 1 aliphatic heterocycles. The Balaban J connectivity index is 2.60. The first-order valence-electron chi connectivity index (χ1n) is 4.41. The number of unbranched alkanes of at least 4 members (excludes halogenated alkanes) is 1. The van der Waals surface area contributed by atoms with Crippen molar-refractivity contribution in [1.82, 2.24) is 5.32 Å². The van der Waals surface area contributed by atoms with Gasteiger partial charge in [-0.3, -0.25) is 14.9 Å². The van der Waals surface area contributed by atoms with Gasteiger partial charge in [0.1, 0.15) is 11.6 Å². The fourth-order valence-electron chi connectivity index (χ4n) is 1.54. The molecule has 0 aromatic rings. The van der Waals surface area contributed by atoms with Gasteiger partial charge in [-0.25, -0.2) is 0 Å². The molecule has 5 nitrogen and oxygen atoms in total. The summed E-state index contributed by atoms with van der Waals surface area (Å²) in [7, 11) is 0. The van der Waals surface area contributed by atoms with E-state index in [1.54, 1.807) is 0 Å². The van der Waals surface area contributed by atoms with Crippen LogP contribution in [0.25, 0.3) is 0 Å². The van der Waals surface area contributed by atoms with E-state index in [1.807, 2.05) is 6.92 Å². The molecule has 0 aromatic carbocycles. The number of hydrogen-bond acceptors (Lipinski definition) is 3. The van der Waals surface area contributed by atoms with Gasteiger partial charge in [-0.2, -0.15) is 0 Å². The molecule has 0 spiro atoms. The fourth-order valence-corrected chi connectivity index (χ4v) is 1.54. The summed E-state index contributed by atoms with van der Waals surface area (Å²) in [5.74, 6) is -0.986. The molecule has 1 rings (SSSR count). The molecule has 1 heterocycles. The summed E-state index contributed by atoms with van der Waals surface area (Å²) in [5, 5.41) is 2.77. The van der Waals surface area contributed by atoms with Gasteiger partial charge in [0.15, 0.2) is 0 Å². The average molecular weight is 185 g/mol. The van der Waals surface area contributed by atoms with Gasteiger partial charge in [-0.1, -0.05) is 19.8 Å². The van der Waals surface area contributed by atoms with Crippen LogP contribution < -0.4 is 16.8 Å². The summed E-state index contributed by atoms with van der Waals surface area (Å²) in [6, 6.07) is -0.559. The maximum absolute atomic E-state index is 11.1. The Hall–Kier alpha value is -1.10. The van der Waals surface area contributed by atoms with E-state index in [0.29, 0.717) is 6.42 Å². The molecule has 1 saturated heterocycles. The second-order valence-electron chi connectivity index (χ2n) is 3.42. The highest BCUT2D eigenvalue weighted by molar-refractivity contribution is 6.00. The molecule has 0 aliphatic carbocycles. The zero-order chi connectivity index (χ0) is 10.1. The molecule has 1 aliphatic rings. The van der Waals surface area contributed by atoms with Gasteiger partial charge < -0.3 is 11.5 Å². The van der Waals surface area contributed by atoms with Crippen molar-refractivity contribution in [2.75, 3.05) is 0 Å². The highest BCUT2D eigenvalue weighted by atomic mass is 16.2. The van der Waals surface area contributed by atoms with E-state index in [4.69, 9.17) is 11.5 Å². The Kier molecular flexibility index (Phi) is 2.56. The van der Waals surface area contributed by atoms with Crippen molar-refractivity contribution in [1.29, 1.82) is 0 Å². The van der Waals surface area contributed by atoms with Crippen LogP contribution in [0.5, 0.6) is 0 Å². The molecule has 13 heavy (non-hydrogen) atoms. The van der Waals surface area contributed by atoms with Gasteiger partial charge >= 0.3 is 0 Å². The lowest BCUT2D eigenvalue weighted by Crippen LogP contribution is -2.38. The van der Waals surface area contributed by atoms with Crippen molar-refractivity contribution in [3.63, 3.8) is 0 Å². The molecule has 0 bridgehead atoms. The monoisotopic (exact) mass is 185 g/mol. The van der Waals surface area contributed by atoms with E-state index in [2.05, 4.69) is 5.32 Å². The Bertz CT molecular complexity index is 242. The highest BCUT2D eigenvalue weighted by Gasteiger charge is 2.61. The SMILES string of the molecule is CCCCC1(C(N)=O)NC1C(N)=O. The molecule has 0 saturated carbocycles. The van der Waals surface area contributed by atoms with E-state index in [0.717, 1.165) is 12.8 Å². The van der Waals surface area contributed by atoms with Crippen molar-refractivity contribution in [2.24, 2.45) is 11.5 Å². The number of primary amides is 2. The van der Waals surface area contributed by atoms with E-state index in [1.165, 1.54) is 0 Å². The third-order valence-electron chi connectivity index (χ3n) is 2.46. The van der Waals surface area contributed by atoms with Crippen LogP contribution in [0.4, 0.5) is 0 Å². The number of carbonyl (C=O) groups is 2. The summed E-state index contributed by atoms with van der Waals surface area (Å²) in [5.41, 5.74) is 9.42. The largest absolute Gasteiger partial charge is 0.368 e. The number of rotatable bonds is 5. The molecule has 74 valence electrons. The Morgan fingerprint density at radius 1 is 1.46 bits per heavy atom. The highest BCUT2D eigenvalue weighted by Crippen LogP contribution is 2.31. The molecule has 5 heteroatoms. The fraction of sp³-hybridized carbons (Fsp3) is 0.750. The van der Waals surface area contributed by atoms with Crippen molar-refractivity contribution >= 4 is 11.8 Å². The molecular weight excluding hydrogens is 170 g/mol. The lowest BCUT2D eigenvalue weighted by Gasteiger charge is -2.08. The minimum Gasteiger partial charge on any atom is -0.368 e. The van der Waals surface area contributed by atoms with Crippen molar-refractivity contribution in [2.45, 2.75) is 37.8 Å². The smallest absolute Gasteiger partial charge is 0.239 e. The van der Waals surface area contributed by atoms with Crippen LogP contribution in [-0.4, -0.2) is 23.4 Å². The average Bonchev–Trinajstić information content (AvgIpc) is 2.76. The summed E-state index contributed by atoms with van der Waals surface area (Å²) in [6.45, 7) is 2.01. The Morgan fingerprint density at radius 3 is 2.38 bits per heavy atom. The number of carbonyl (C=O) groups excluding carboxylic acids is 2. The molecule has 0 radical (unpaired) electrons. The van der Waals surface area contributed by atoms with Crippen LogP contribution in [0.15, 0.2) is 0 Å². The maximum atomic E-state index is 11.1. The third-order valence-corrected chi connectivity index (χ3v) is 2.46. The Labute approximate surface area is 76.8 Å². The maximum Gasteiger partial charge on any atom is 0.239 e. The first-order chi connectivity index (χ1) is 6.04. The van der Waals surface area contributed by atoms with E-state index in [9.17, 15) is 9.59 Å². The molecular formula is C8H15N3O2. The molecule has 1 fully saturated rings. The number of nitrogens with two attached hydrogens (primary N) is 2. The first kappa shape index (κ1) is 9.98. The summed E-state index contributed by atoms with van der Waals surface area (Å²) < 4.78 is 0. The van der Waals surface area contributed by atoms with Gasteiger partial charge in [0.2, 0.25) is 11.8 Å². The van der Waals surface area contributed by atoms with E-state index >= 15 is 0 Å². The van der Waals surface area contributed by atoms with Crippen LogP contribution in [-0.2, 0) is 9.59 Å². The van der Waals surface area contributed by atoms with Crippen LogP contribution in [0.1, 0.15) is 26.2 Å². The number of hydrogen-bond donors (Lipinski definition) is 3. The zero-order valence-electron chi connectivity index (χ0n) is 7.67. The normalized spacial score (nSPS) is 31.3. The van der Waals surface area contributed by atoms with Crippen LogP contribution in [0, 0.1) is 0 Å². The summed E-state index contributed by atoms with van der Waals surface area (Å²) in [6.07, 6.45) is 2.41. The second kappa shape index (κ2) is 3.33. The number of amides is 2. The van der Waals surface area contributed by atoms with Crippen LogP contribution >= 0.6 is 0 Å². The van der Waals surface area contributed by atoms with Gasteiger partial charge in [0.25, 0.3) is 0 Å². The molecule has 5 N–H and O–H groups in total. The van der Waals surface area contributed by atoms with Crippen LogP contribution in [0.2, 0.25) is 0 Å². The standard InChI is InChI=1S/C8H15N3O2/c1-2-3-4-8(7(10)13)5(11-8)6(9)12/h5,11H,2-4H2,1H3,(H2,9,12)(H2,10,13). The minimum absolute atomic E-state index is 0.482. The predicted molar refractivity (Wildman–Crippen MR) is 47.6 cm³/mol. The summed E-state index contributed by atoms with van der Waals surface area (Å²) >= 11 is 0. The van der Waals surface area contributed by atoms with Crippen molar-refractivity contribution in [3.05, 3.63) is 0 Å². The van der Waals surface area contributed by atoms with E-state index < -0.39 is 23.4 Å². The van der Waals surface area contributed by atoms with Gasteiger partial charge in [-0.15, -0.1) is 0 Å². The summed E-state index contributed by atoms with van der Waals surface area (Å²) in [4.78, 5) is 21.9. The van der Waals surface area contributed by atoms with E-state index in [-0.39, 0.29) is 0 Å².